The van der Waals surface area contributed by atoms with Crippen LogP contribution in [0.4, 0.5) is 11.4 Å². The van der Waals surface area contributed by atoms with Gasteiger partial charge in [0.25, 0.3) is 0 Å². The summed E-state index contributed by atoms with van der Waals surface area (Å²) in [4.78, 5) is 12.5. The number of carbonyl (C=O) groups excluding carboxylic acids is 1. The van der Waals surface area contributed by atoms with Crippen molar-refractivity contribution in [3.05, 3.63) is 48.0 Å². The summed E-state index contributed by atoms with van der Waals surface area (Å²) < 4.78 is 32.7. The number of ether oxygens (including phenoxy) is 1. The molecule has 0 spiro atoms. The van der Waals surface area contributed by atoms with Crippen molar-refractivity contribution in [1.82, 2.24) is 4.31 Å². The van der Waals surface area contributed by atoms with Crippen LogP contribution in [0.15, 0.2) is 47.4 Å². The highest BCUT2D eigenvalue weighted by Crippen LogP contribution is 2.29. The average Bonchev–Trinajstić information content (AvgIpc) is 2.74. The number of piperidine rings is 1. The summed E-state index contributed by atoms with van der Waals surface area (Å²) in [5, 5.41) is 5.84. The molecule has 2 N–H and O–H groups in total. The normalized spacial score (nSPS) is 15.0. The van der Waals surface area contributed by atoms with Crippen LogP contribution in [0.3, 0.4) is 0 Å². The number of sulfonamides is 1. The summed E-state index contributed by atoms with van der Waals surface area (Å²) in [5.74, 6) is 0.247. The molecular formula is C21H27N3O4S. The third-order valence-electron chi connectivity index (χ3n) is 4.98. The van der Waals surface area contributed by atoms with Crippen LogP contribution in [0.25, 0.3) is 0 Å². The fraction of sp³-hybridized carbons (Fsp3) is 0.381. The van der Waals surface area contributed by atoms with Gasteiger partial charge in [0.15, 0.2) is 0 Å². The Morgan fingerprint density at radius 1 is 1.07 bits per heavy atom. The van der Waals surface area contributed by atoms with E-state index in [0.29, 0.717) is 24.5 Å². The number of hydrogen-bond donors (Lipinski definition) is 2. The molecule has 0 bridgehead atoms. The van der Waals surface area contributed by atoms with Gasteiger partial charge >= 0.3 is 0 Å². The second-order valence-corrected chi connectivity index (χ2v) is 8.98. The number of para-hydroxylation sites is 1. The maximum atomic E-state index is 12.9. The molecule has 0 atom stereocenters. The van der Waals surface area contributed by atoms with Crippen molar-refractivity contribution >= 4 is 27.3 Å². The Morgan fingerprint density at radius 3 is 2.48 bits per heavy atom. The number of rotatable bonds is 7. The zero-order valence-electron chi connectivity index (χ0n) is 16.8. The minimum Gasteiger partial charge on any atom is -0.495 e. The molecule has 1 aliphatic rings. The molecular weight excluding hydrogens is 390 g/mol. The quantitative estimate of drug-likeness (QED) is 0.722. The van der Waals surface area contributed by atoms with Crippen LogP contribution in [-0.4, -0.2) is 45.4 Å². The molecule has 2 aromatic rings. The number of hydrogen-bond acceptors (Lipinski definition) is 5. The number of benzene rings is 2. The van der Waals surface area contributed by atoms with E-state index in [4.69, 9.17) is 4.74 Å². The van der Waals surface area contributed by atoms with E-state index in [2.05, 4.69) is 10.6 Å². The molecule has 3 rings (SSSR count). The van der Waals surface area contributed by atoms with E-state index < -0.39 is 10.0 Å². The Hall–Kier alpha value is -2.58. The van der Waals surface area contributed by atoms with Gasteiger partial charge in [-0.15, -0.1) is 0 Å². The number of anilines is 2. The van der Waals surface area contributed by atoms with Gasteiger partial charge in [-0.2, -0.15) is 4.31 Å². The van der Waals surface area contributed by atoms with Crippen molar-refractivity contribution in [2.45, 2.75) is 31.1 Å². The topological polar surface area (TPSA) is 87.7 Å². The van der Waals surface area contributed by atoms with Crippen molar-refractivity contribution in [2.75, 3.05) is 37.4 Å². The molecule has 1 aliphatic heterocycles. The van der Waals surface area contributed by atoms with Gasteiger partial charge < -0.3 is 15.4 Å². The fourth-order valence-corrected chi connectivity index (χ4v) is 4.87. The lowest BCUT2D eigenvalue weighted by Crippen LogP contribution is -2.35. The molecule has 29 heavy (non-hydrogen) atoms. The summed E-state index contributed by atoms with van der Waals surface area (Å²) in [6.45, 7) is 2.98. The van der Waals surface area contributed by atoms with E-state index in [1.165, 1.54) is 17.5 Å². The number of aryl methyl sites for hydroxylation is 1. The lowest BCUT2D eigenvalue weighted by Gasteiger charge is -2.26. The van der Waals surface area contributed by atoms with Gasteiger partial charge in [-0.3, -0.25) is 4.79 Å². The van der Waals surface area contributed by atoms with Gasteiger partial charge in [-0.1, -0.05) is 24.6 Å². The zero-order chi connectivity index (χ0) is 20.9. The molecule has 1 heterocycles. The lowest BCUT2D eigenvalue weighted by atomic mass is 10.2. The van der Waals surface area contributed by atoms with Crippen LogP contribution in [0.2, 0.25) is 0 Å². The van der Waals surface area contributed by atoms with E-state index in [1.807, 2.05) is 31.2 Å². The second-order valence-electron chi connectivity index (χ2n) is 7.04. The molecule has 1 amide bonds. The highest BCUT2D eigenvalue weighted by atomic mass is 32.2. The standard InChI is InChI=1S/C21H27N3O4S/c1-16-8-4-5-9-18(16)23-21(25)15-22-19-14-17(10-11-20(19)28-2)29(26,27)24-12-6-3-7-13-24/h4-5,8-11,14,22H,3,6-7,12-13,15H2,1-2H3,(H,23,25). The van der Waals surface area contributed by atoms with E-state index in [-0.39, 0.29) is 17.3 Å². The number of methoxy groups -OCH3 is 1. The Morgan fingerprint density at radius 2 is 1.79 bits per heavy atom. The molecule has 2 aromatic carbocycles. The monoisotopic (exact) mass is 417 g/mol. The van der Waals surface area contributed by atoms with Crippen molar-refractivity contribution in [3.63, 3.8) is 0 Å². The smallest absolute Gasteiger partial charge is 0.243 e. The minimum atomic E-state index is -3.57. The Bertz CT molecular complexity index is 970. The van der Waals surface area contributed by atoms with Crippen LogP contribution in [0.5, 0.6) is 5.75 Å². The van der Waals surface area contributed by atoms with Crippen LogP contribution in [-0.2, 0) is 14.8 Å². The summed E-state index contributed by atoms with van der Waals surface area (Å²) in [6, 6.07) is 12.2. The zero-order valence-corrected chi connectivity index (χ0v) is 17.6. The molecule has 8 heteroatoms. The van der Waals surface area contributed by atoms with Gasteiger partial charge in [0.05, 0.1) is 24.2 Å². The first-order chi connectivity index (χ1) is 13.9. The molecule has 0 aromatic heterocycles. The van der Waals surface area contributed by atoms with Crippen molar-refractivity contribution in [2.24, 2.45) is 0 Å². The molecule has 1 fully saturated rings. The van der Waals surface area contributed by atoms with Gasteiger partial charge in [-0.25, -0.2) is 8.42 Å². The summed E-state index contributed by atoms with van der Waals surface area (Å²) >= 11 is 0. The summed E-state index contributed by atoms with van der Waals surface area (Å²) in [6.07, 6.45) is 2.80. The first kappa shape index (κ1) is 21.1. The summed E-state index contributed by atoms with van der Waals surface area (Å²) in [5.41, 5.74) is 2.17. The van der Waals surface area contributed by atoms with Crippen molar-refractivity contribution in [3.8, 4) is 5.75 Å². The number of carbonyl (C=O) groups is 1. The predicted octanol–water partition coefficient (Wildman–Crippen LogP) is 3.23. The number of amides is 1. The Balaban J connectivity index is 1.73. The van der Waals surface area contributed by atoms with Crippen LogP contribution < -0.4 is 15.4 Å². The van der Waals surface area contributed by atoms with E-state index in [0.717, 1.165) is 30.5 Å². The molecule has 0 saturated carbocycles. The highest BCUT2D eigenvalue weighted by Gasteiger charge is 2.26. The minimum absolute atomic E-state index is 0.0160. The van der Waals surface area contributed by atoms with Gasteiger partial charge in [0, 0.05) is 18.8 Å². The largest absolute Gasteiger partial charge is 0.495 e. The van der Waals surface area contributed by atoms with E-state index >= 15 is 0 Å². The molecule has 0 radical (unpaired) electrons. The maximum absolute atomic E-state index is 12.9. The van der Waals surface area contributed by atoms with Crippen LogP contribution in [0, 0.1) is 6.92 Å². The number of nitrogens with one attached hydrogen (secondary N) is 2. The molecule has 1 saturated heterocycles. The van der Waals surface area contributed by atoms with E-state index in [9.17, 15) is 13.2 Å². The molecule has 7 nitrogen and oxygen atoms in total. The third-order valence-corrected chi connectivity index (χ3v) is 6.88. The molecule has 156 valence electrons. The van der Waals surface area contributed by atoms with Gasteiger partial charge in [0.2, 0.25) is 15.9 Å². The fourth-order valence-electron chi connectivity index (χ4n) is 3.32. The Kier molecular flexibility index (Phi) is 6.76. The van der Waals surface area contributed by atoms with Crippen LogP contribution >= 0.6 is 0 Å². The lowest BCUT2D eigenvalue weighted by molar-refractivity contribution is -0.114. The highest BCUT2D eigenvalue weighted by molar-refractivity contribution is 7.89. The van der Waals surface area contributed by atoms with Gasteiger partial charge in [-0.05, 0) is 49.6 Å². The summed E-state index contributed by atoms with van der Waals surface area (Å²) in [7, 11) is -2.06. The average molecular weight is 418 g/mol. The van der Waals surface area contributed by atoms with Crippen LogP contribution in [0.1, 0.15) is 24.8 Å². The number of nitrogens with zero attached hydrogens (tertiary/aromatic N) is 1. The van der Waals surface area contributed by atoms with Crippen molar-refractivity contribution in [1.29, 1.82) is 0 Å². The Labute approximate surface area is 172 Å². The van der Waals surface area contributed by atoms with Gasteiger partial charge in [0.1, 0.15) is 5.75 Å². The predicted molar refractivity (Wildman–Crippen MR) is 114 cm³/mol. The first-order valence-corrected chi connectivity index (χ1v) is 11.1. The van der Waals surface area contributed by atoms with E-state index in [1.54, 1.807) is 12.1 Å². The first-order valence-electron chi connectivity index (χ1n) is 9.69. The van der Waals surface area contributed by atoms with Crippen molar-refractivity contribution < 1.29 is 17.9 Å². The molecule has 0 unspecified atom stereocenters. The maximum Gasteiger partial charge on any atom is 0.243 e. The molecule has 0 aliphatic carbocycles. The third kappa shape index (κ3) is 5.07. The SMILES string of the molecule is COc1ccc(S(=O)(=O)N2CCCCC2)cc1NCC(=O)Nc1ccccc1C. The second kappa shape index (κ2) is 9.28.